The van der Waals surface area contributed by atoms with E-state index >= 15 is 0 Å². The van der Waals surface area contributed by atoms with E-state index in [-0.39, 0.29) is 0 Å². The van der Waals surface area contributed by atoms with Crippen molar-refractivity contribution in [3.8, 4) is 0 Å². The fraction of sp³-hybridized carbons (Fsp3) is 0.583. The van der Waals surface area contributed by atoms with E-state index in [0.717, 1.165) is 11.6 Å². The van der Waals surface area contributed by atoms with Crippen molar-refractivity contribution < 1.29 is 0 Å². The van der Waals surface area contributed by atoms with E-state index in [9.17, 15) is 0 Å². The zero-order chi connectivity index (χ0) is 9.26. The van der Waals surface area contributed by atoms with Gasteiger partial charge in [-0.15, -0.1) is 0 Å². The van der Waals surface area contributed by atoms with E-state index in [1.807, 2.05) is 6.92 Å². The van der Waals surface area contributed by atoms with Crippen LogP contribution in [0, 0.1) is 19.9 Å². The Kier molecular flexibility index (Phi) is 2.34. The summed E-state index contributed by atoms with van der Waals surface area (Å²) >= 11 is 0. The Morgan fingerprint density at radius 3 is 2.62 bits per heavy atom. The monoisotopic (exact) mass is 174 g/mol. The maximum Gasteiger partial charge on any atom is 0.0454 e. The molecule has 1 nitrogen and oxygen atoms in total. The van der Waals surface area contributed by atoms with E-state index in [0.29, 0.717) is 0 Å². The lowest BCUT2D eigenvalue weighted by Gasteiger charge is -2.11. The van der Waals surface area contributed by atoms with Gasteiger partial charge in [0.2, 0.25) is 0 Å². The molecule has 1 aromatic heterocycles. The molecule has 0 N–H and O–H groups in total. The first kappa shape index (κ1) is 8.74. The van der Waals surface area contributed by atoms with Crippen LogP contribution in [0.5, 0.6) is 0 Å². The highest BCUT2D eigenvalue weighted by Crippen LogP contribution is 2.35. The molecular weight excluding hydrogens is 158 g/mol. The molecule has 13 heavy (non-hydrogen) atoms. The lowest BCUT2D eigenvalue weighted by Crippen LogP contribution is -1.98. The van der Waals surface area contributed by atoms with E-state index in [4.69, 9.17) is 0 Å². The average Bonchev–Trinajstić information content (AvgIpc) is 2.56. The molecule has 1 aliphatic rings. The van der Waals surface area contributed by atoms with Crippen LogP contribution in [0.4, 0.5) is 0 Å². The molecule has 0 bridgehead atoms. The van der Waals surface area contributed by atoms with Crippen LogP contribution in [0.2, 0.25) is 0 Å². The minimum atomic E-state index is 0.768. The summed E-state index contributed by atoms with van der Waals surface area (Å²) in [7, 11) is 0. The summed E-state index contributed by atoms with van der Waals surface area (Å²) in [5.41, 5.74) is 3.75. The van der Waals surface area contributed by atoms with Gasteiger partial charge in [-0.1, -0.05) is 12.8 Å². The smallest absolute Gasteiger partial charge is 0.0454 e. The Bertz CT molecular complexity index is 298. The van der Waals surface area contributed by atoms with Gasteiger partial charge in [-0.05, 0) is 43.7 Å². The van der Waals surface area contributed by atoms with Crippen molar-refractivity contribution in [2.75, 3.05) is 0 Å². The summed E-state index contributed by atoms with van der Waals surface area (Å²) in [6.07, 6.45) is 7.52. The van der Waals surface area contributed by atoms with Crippen molar-refractivity contribution in [2.24, 2.45) is 0 Å². The molecule has 0 aliphatic heterocycles. The van der Waals surface area contributed by atoms with E-state index < -0.39 is 0 Å². The Morgan fingerprint density at radius 2 is 2.00 bits per heavy atom. The van der Waals surface area contributed by atoms with Gasteiger partial charge in [0.25, 0.3) is 0 Å². The zero-order valence-corrected chi connectivity index (χ0v) is 8.43. The molecule has 0 spiro atoms. The van der Waals surface area contributed by atoms with Crippen LogP contribution < -0.4 is 0 Å². The van der Waals surface area contributed by atoms with Gasteiger partial charge >= 0.3 is 0 Å². The molecule has 69 valence electrons. The van der Waals surface area contributed by atoms with Crippen molar-refractivity contribution in [3.63, 3.8) is 0 Å². The highest BCUT2D eigenvalue weighted by atomic mass is 14.7. The first-order chi connectivity index (χ1) is 6.27. The van der Waals surface area contributed by atoms with Crippen molar-refractivity contribution in [1.29, 1.82) is 0 Å². The van der Waals surface area contributed by atoms with Crippen molar-refractivity contribution in [3.05, 3.63) is 29.1 Å². The third kappa shape index (κ3) is 1.74. The largest absolute Gasteiger partial charge is 0.261 e. The van der Waals surface area contributed by atoms with Crippen LogP contribution >= 0.6 is 0 Å². The maximum absolute atomic E-state index is 4.33. The topological polar surface area (TPSA) is 12.9 Å². The molecular formula is C12H16N. The summed E-state index contributed by atoms with van der Waals surface area (Å²) in [5.74, 6) is 0.768. The molecule has 0 aromatic carbocycles. The quantitative estimate of drug-likeness (QED) is 0.637. The van der Waals surface area contributed by atoms with Gasteiger partial charge in [0.05, 0.1) is 0 Å². The third-order valence-corrected chi connectivity index (χ3v) is 2.99. The predicted molar refractivity (Wildman–Crippen MR) is 53.8 cm³/mol. The van der Waals surface area contributed by atoms with Crippen LogP contribution in [0.15, 0.2) is 6.20 Å². The van der Waals surface area contributed by atoms with Gasteiger partial charge in [-0.3, -0.25) is 4.98 Å². The van der Waals surface area contributed by atoms with Gasteiger partial charge in [-0.25, -0.2) is 0 Å². The third-order valence-electron chi connectivity index (χ3n) is 2.99. The van der Waals surface area contributed by atoms with Crippen LogP contribution in [0.25, 0.3) is 0 Å². The Morgan fingerprint density at radius 1 is 1.31 bits per heavy atom. The normalized spacial score (nSPS) is 18.0. The lowest BCUT2D eigenvalue weighted by molar-refractivity contribution is 0.712. The second-order valence-corrected chi connectivity index (χ2v) is 4.03. The minimum absolute atomic E-state index is 0.768. The summed E-state index contributed by atoms with van der Waals surface area (Å²) in [4.78, 5) is 4.33. The van der Waals surface area contributed by atoms with Crippen LogP contribution in [-0.4, -0.2) is 4.98 Å². The highest BCUT2D eigenvalue weighted by Gasteiger charge is 2.18. The molecule has 1 heterocycles. The first-order valence-corrected chi connectivity index (χ1v) is 5.13. The maximum atomic E-state index is 4.33. The number of aromatic nitrogens is 1. The number of nitrogens with zero attached hydrogens (tertiary/aromatic N) is 1. The fourth-order valence-corrected chi connectivity index (χ4v) is 2.29. The average molecular weight is 174 g/mol. The molecule has 1 saturated carbocycles. The molecule has 1 aromatic rings. The molecule has 0 unspecified atom stereocenters. The van der Waals surface area contributed by atoms with Gasteiger partial charge in [0, 0.05) is 18.0 Å². The van der Waals surface area contributed by atoms with Crippen molar-refractivity contribution >= 4 is 0 Å². The fourth-order valence-electron chi connectivity index (χ4n) is 2.29. The number of pyridine rings is 1. The standard InChI is InChI=1S/C12H16N/c1-9-7-10(2)13-8-12(9)11-5-3-4-6-11/h8,11H,3-6H2,1-2H3. The summed E-state index contributed by atoms with van der Waals surface area (Å²) in [6, 6.07) is 3.30. The Balaban J connectivity index is 2.29. The molecule has 0 amide bonds. The number of hydrogen-bond acceptors (Lipinski definition) is 1. The van der Waals surface area contributed by atoms with Crippen LogP contribution in [0.3, 0.4) is 0 Å². The van der Waals surface area contributed by atoms with E-state index in [1.165, 1.54) is 36.8 Å². The molecule has 1 heteroatoms. The molecule has 1 fully saturated rings. The van der Waals surface area contributed by atoms with Gasteiger partial charge in [0.15, 0.2) is 0 Å². The number of aryl methyl sites for hydroxylation is 2. The zero-order valence-electron chi connectivity index (χ0n) is 8.43. The second-order valence-electron chi connectivity index (χ2n) is 4.03. The summed E-state index contributed by atoms with van der Waals surface area (Å²) in [6.45, 7) is 4.16. The first-order valence-electron chi connectivity index (χ1n) is 5.13. The van der Waals surface area contributed by atoms with Crippen molar-refractivity contribution in [1.82, 2.24) is 4.98 Å². The Labute approximate surface area is 80.2 Å². The second kappa shape index (κ2) is 3.49. The SMILES string of the molecule is Cc1[c]c(C)c(C2CCCC2)cn1. The molecule has 0 saturated heterocycles. The highest BCUT2D eigenvalue weighted by molar-refractivity contribution is 5.27. The summed E-state index contributed by atoms with van der Waals surface area (Å²) in [5, 5.41) is 0. The number of rotatable bonds is 1. The molecule has 2 rings (SSSR count). The van der Waals surface area contributed by atoms with Crippen molar-refractivity contribution in [2.45, 2.75) is 45.4 Å². The van der Waals surface area contributed by atoms with E-state index in [2.05, 4.69) is 24.2 Å². The number of hydrogen-bond donors (Lipinski definition) is 0. The lowest BCUT2D eigenvalue weighted by atomic mass is 9.95. The predicted octanol–water partition coefficient (Wildman–Crippen LogP) is 3.16. The van der Waals surface area contributed by atoms with Crippen LogP contribution in [-0.2, 0) is 0 Å². The van der Waals surface area contributed by atoms with Gasteiger partial charge in [-0.2, -0.15) is 0 Å². The summed E-state index contributed by atoms with van der Waals surface area (Å²) < 4.78 is 0. The van der Waals surface area contributed by atoms with Gasteiger partial charge in [0.1, 0.15) is 0 Å². The van der Waals surface area contributed by atoms with E-state index in [1.54, 1.807) is 0 Å². The molecule has 1 radical (unpaired) electrons. The molecule has 0 atom stereocenters. The van der Waals surface area contributed by atoms with Crippen LogP contribution in [0.1, 0.15) is 48.4 Å². The Hall–Kier alpha value is -0.850. The molecule has 1 aliphatic carbocycles. The van der Waals surface area contributed by atoms with Gasteiger partial charge < -0.3 is 0 Å². The minimum Gasteiger partial charge on any atom is -0.261 e.